The summed E-state index contributed by atoms with van der Waals surface area (Å²) < 4.78 is 0. The molecule has 0 amide bonds. The molecular formula is C16H23N3O4. The second-order valence-corrected chi connectivity index (χ2v) is 5.55. The van der Waals surface area contributed by atoms with E-state index in [9.17, 15) is 20.2 Å². The second kappa shape index (κ2) is 7.71. The summed E-state index contributed by atoms with van der Waals surface area (Å²) >= 11 is 0. The highest BCUT2D eigenvalue weighted by atomic mass is 16.6. The van der Waals surface area contributed by atoms with E-state index in [0.29, 0.717) is 29.8 Å². The Morgan fingerprint density at radius 3 is 2.04 bits per heavy atom. The summed E-state index contributed by atoms with van der Waals surface area (Å²) in [5.41, 5.74) is 1.12. The van der Waals surface area contributed by atoms with Crippen molar-refractivity contribution in [3.8, 4) is 0 Å². The van der Waals surface area contributed by atoms with Crippen LogP contribution in [0.3, 0.4) is 0 Å². The summed E-state index contributed by atoms with van der Waals surface area (Å²) in [6.45, 7) is 12.0. The van der Waals surface area contributed by atoms with Crippen molar-refractivity contribution in [3.05, 3.63) is 44.0 Å². The van der Waals surface area contributed by atoms with Gasteiger partial charge in [0.15, 0.2) is 5.69 Å². The minimum absolute atomic E-state index is 0.103. The van der Waals surface area contributed by atoms with Gasteiger partial charge in [0.2, 0.25) is 0 Å². The molecule has 7 nitrogen and oxygen atoms in total. The summed E-state index contributed by atoms with van der Waals surface area (Å²) in [4.78, 5) is 23.8. The summed E-state index contributed by atoms with van der Waals surface area (Å²) in [6, 6.07) is 1.40. The van der Waals surface area contributed by atoms with Gasteiger partial charge in [-0.3, -0.25) is 20.2 Å². The average molecular weight is 321 g/mol. The van der Waals surface area contributed by atoms with Gasteiger partial charge in [-0.05, 0) is 32.3 Å². The van der Waals surface area contributed by atoms with Crippen LogP contribution in [0.1, 0.15) is 44.7 Å². The van der Waals surface area contributed by atoms with Gasteiger partial charge in [-0.25, -0.2) is 0 Å². The van der Waals surface area contributed by atoms with Crippen molar-refractivity contribution in [2.24, 2.45) is 0 Å². The van der Waals surface area contributed by atoms with Gasteiger partial charge in [-0.15, -0.1) is 0 Å². The van der Waals surface area contributed by atoms with Crippen LogP contribution in [0.5, 0.6) is 0 Å². The summed E-state index contributed by atoms with van der Waals surface area (Å²) in [5.74, 6) is 0. The van der Waals surface area contributed by atoms with Gasteiger partial charge >= 0.3 is 5.69 Å². The summed E-state index contributed by atoms with van der Waals surface area (Å²) in [7, 11) is 0. The molecule has 0 fully saturated rings. The largest absolute Gasteiger partial charge is 0.360 e. The number of allylic oxidation sites excluding steroid dienone is 1. The first-order chi connectivity index (χ1) is 10.8. The number of nitro groups is 2. The number of benzene rings is 1. The molecule has 0 atom stereocenters. The fraction of sp³-hybridized carbons (Fsp3) is 0.500. The van der Waals surface area contributed by atoms with Gasteiger partial charge in [0.1, 0.15) is 0 Å². The lowest BCUT2D eigenvalue weighted by Crippen LogP contribution is -2.27. The van der Waals surface area contributed by atoms with E-state index in [2.05, 4.69) is 6.58 Å². The Hall–Kier alpha value is -2.44. The van der Waals surface area contributed by atoms with E-state index in [4.69, 9.17) is 0 Å². The van der Waals surface area contributed by atoms with E-state index in [1.807, 2.05) is 13.8 Å². The molecule has 126 valence electrons. The lowest BCUT2D eigenvalue weighted by atomic mass is 9.98. The molecule has 0 aliphatic carbocycles. The van der Waals surface area contributed by atoms with E-state index in [1.54, 1.807) is 18.7 Å². The first-order valence-electron chi connectivity index (χ1n) is 7.63. The van der Waals surface area contributed by atoms with Crippen LogP contribution in [0, 0.1) is 27.2 Å². The second-order valence-electron chi connectivity index (χ2n) is 5.55. The van der Waals surface area contributed by atoms with Crippen molar-refractivity contribution < 1.29 is 9.85 Å². The minimum atomic E-state index is -0.549. The maximum absolute atomic E-state index is 11.6. The maximum Gasteiger partial charge on any atom is 0.303 e. The Kier molecular flexibility index (Phi) is 6.24. The molecule has 0 heterocycles. The van der Waals surface area contributed by atoms with Gasteiger partial charge < -0.3 is 4.90 Å². The standard InChI is InChI=1S/C16H23N3O4/c1-6-8-17(9-7-2)16-14(18(20)21)10-13(11(3)4)12(5)15(16)19(22)23/h10H,3,6-9H2,1-2,4-5H3. The van der Waals surface area contributed by atoms with Crippen molar-refractivity contribution in [2.45, 2.75) is 40.5 Å². The molecular weight excluding hydrogens is 298 g/mol. The molecule has 0 radical (unpaired) electrons. The fourth-order valence-corrected chi connectivity index (χ4v) is 2.73. The van der Waals surface area contributed by atoms with Crippen LogP contribution in [-0.4, -0.2) is 22.9 Å². The Bertz CT molecular complexity index is 635. The quantitative estimate of drug-likeness (QED) is 0.520. The van der Waals surface area contributed by atoms with Crippen molar-refractivity contribution in [1.29, 1.82) is 0 Å². The first kappa shape index (κ1) is 18.6. The van der Waals surface area contributed by atoms with Gasteiger partial charge in [-0.2, -0.15) is 0 Å². The lowest BCUT2D eigenvalue weighted by molar-refractivity contribution is -0.393. The predicted molar refractivity (Wildman–Crippen MR) is 92.0 cm³/mol. The van der Waals surface area contributed by atoms with E-state index < -0.39 is 9.85 Å². The summed E-state index contributed by atoms with van der Waals surface area (Å²) in [5, 5.41) is 23.2. The molecule has 1 aromatic rings. The number of nitro benzene ring substituents is 2. The molecule has 0 aliphatic heterocycles. The van der Waals surface area contributed by atoms with Crippen LogP contribution in [-0.2, 0) is 0 Å². The first-order valence-corrected chi connectivity index (χ1v) is 7.63. The highest BCUT2D eigenvalue weighted by Crippen LogP contribution is 2.43. The lowest BCUT2D eigenvalue weighted by Gasteiger charge is -2.24. The van der Waals surface area contributed by atoms with E-state index in [-0.39, 0.29) is 17.1 Å². The smallest absolute Gasteiger partial charge is 0.303 e. The molecule has 0 unspecified atom stereocenters. The molecule has 0 saturated carbocycles. The van der Waals surface area contributed by atoms with Crippen molar-refractivity contribution in [2.75, 3.05) is 18.0 Å². The van der Waals surface area contributed by atoms with Crippen molar-refractivity contribution >= 4 is 22.6 Å². The SMILES string of the molecule is C=C(C)c1cc([N+](=O)[O-])c(N(CCC)CCC)c([N+](=O)[O-])c1C. The molecule has 1 aromatic carbocycles. The number of rotatable bonds is 8. The Labute approximate surface area is 135 Å². The van der Waals surface area contributed by atoms with E-state index in [0.717, 1.165) is 12.8 Å². The fourth-order valence-electron chi connectivity index (χ4n) is 2.73. The van der Waals surface area contributed by atoms with Crippen LogP contribution >= 0.6 is 0 Å². The highest BCUT2D eigenvalue weighted by Gasteiger charge is 2.33. The Balaban J connectivity index is 3.82. The van der Waals surface area contributed by atoms with Gasteiger partial charge in [0.25, 0.3) is 5.69 Å². The third-order valence-electron chi connectivity index (χ3n) is 3.65. The van der Waals surface area contributed by atoms with Crippen LogP contribution < -0.4 is 4.90 Å². The normalized spacial score (nSPS) is 10.4. The minimum Gasteiger partial charge on any atom is -0.360 e. The number of anilines is 1. The van der Waals surface area contributed by atoms with E-state index in [1.165, 1.54) is 6.07 Å². The Morgan fingerprint density at radius 1 is 1.17 bits per heavy atom. The van der Waals surface area contributed by atoms with Crippen LogP contribution in [0.2, 0.25) is 0 Å². The molecule has 0 aromatic heterocycles. The molecule has 0 aliphatic rings. The average Bonchev–Trinajstić information content (AvgIpc) is 2.45. The Morgan fingerprint density at radius 2 is 1.70 bits per heavy atom. The topological polar surface area (TPSA) is 89.5 Å². The summed E-state index contributed by atoms with van der Waals surface area (Å²) in [6.07, 6.45) is 1.49. The van der Waals surface area contributed by atoms with Gasteiger partial charge in [0, 0.05) is 24.7 Å². The number of hydrogen-bond donors (Lipinski definition) is 0. The number of hydrogen-bond acceptors (Lipinski definition) is 5. The van der Waals surface area contributed by atoms with Crippen LogP contribution in [0.4, 0.5) is 17.1 Å². The zero-order chi connectivity index (χ0) is 17.7. The monoisotopic (exact) mass is 321 g/mol. The number of nitrogens with zero attached hydrogens (tertiary/aromatic N) is 3. The molecule has 0 N–H and O–H groups in total. The molecule has 0 saturated heterocycles. The van der Waals surface area contributed by atoms with Gasteiger partial charge in [0.05, 0.1) is 9.85 Å². The molecule has 7 heteroatoms. The highest BCUT2D eigenvalue weighted by molar-refractivity contribution is 5.84. The molecule has 0 bridgehead atoms. The van der Waals surface area contributed by atoms with Crippen LogP contribution in [0.25, 0.3) is 5.57 Å². The van der Waals surface area contributed by atoms with Gasteiger partial charge in [-0.1, -0.05) is 26.0 Å². The van der Waals surface area contributed by atoms with E-state index >= 15 is 0 Å². The molecule has 0 spiro atoms. The zero-order valence-corrected chi connectivity index (χ0v) is 14.1. The maximum atomic E-state index is 11.6. The van der Waals surface area contributed by atoms with Crippen molar-refractivity contribution in [3.63, 3.8) is 0 Å². The zero-order valence-electron chi connectivity index (χ0n) is 14.1. The third-order valence-corrected chi connectivity index (χ3v) is 3.65. The third kappa shape index (κ3) is 3.85. The molecule has 23 heavy (non-hydrogen) atoms. The predicted octanol–water partition coefficient (Wildman–Crippen LogP) is 4.47. The van der Waals surface area contributed by atoms with Crippen LogP contribution in [0.15, 0.2) is 12.6 Å². The molecule has 1 rings (SSSR count). The van der Waals surface area contributed by atoms with Crippen molar-refractivity contribution in [1.82, 2.24) is 0 Å².